The summed E-state index contributed by atoms with van der Waals surface area (Å²) in [5.74, 6) is 7.17. The summed E-state index contributed by atoms with van der Waals surface area (Å²) in [6.07, 6.45) is 7.48. The predicted octanol–water partition coefficient (Wildman–Crippen LogP) is 4.75. The molecule has 22 heavy (non-hydrogen) atoms. The molecule has 0 aliphatic heterocycles. The Kier molecular flexibility index (Phi) is 3.56. The quantitative estimate of drug-likeness (QED) is 0.646. The van der Waals surface area contributed by atoms with Gasteiger partial charge in [0.25, 0.3) is 0 Å². The summed E-state index contributed by atoms with van der Waals surface area (Å²) in [5, 5.41) is 0. The Labute approximate surface area is 133 Å². The van der Waals surface area contributed by atoms with Crippen LogP contribution in [0.15, 0.2) is 34.2 Å². The molecule has 2 aliphatic carbocycles. The molecule has 116 valence electrons. The number of carbonyl (C=O) groups is 1. The van der Waals surface area contributed by atoms with Crippen molar-refractivity contribution in [2.75, 3.05) is 0 Å². The molecule has 0 N–H and O–H groups in total. The first-order valence-electron chi connectivity index (χ1n) is 8.13. The molecule has 0 unspecified atom stereocenters. The van der Waals surface area contributed by atoms with Crippen LogP contribution in [0.5, 0.6) is 0 Å². The summed E-state index contributed by atoms with van der Waals surface area (Å²) in [4.78, 5) is 12.5. The number of ketones is 1. The summed E-state index contributed by atoms with van der Waals surface area (Å²) in [6.45, 7) is 8.88. The number of Topliss-reactive ketones (excluding diaryl/α,β-unsaturated/α-hetero) is 1. The topological polar surface area (TPSA) is 30.2 Å². The third kappa shape index (κ3) is 2.33. The standard InChI is InChI=1S/C20H24O2/c1-14-16(7-6-15-8-11-22-13-15)20(4)10-5-9-19(2,3)18(20)12-17(14)21/h8,11,13,18H,5,9-10,12H2,1-4H3/t18-,20+/m1/s1. The lowest BCUT2D eigenvalue weighted by molar-refractivity contribution is -0.121. The second-order valence-electron chi connectivity index (χ2n) is 7.70. The Morgan fingerprint density at radius 2 is 2.00 bits per heavy atom. The molecule has 1 heterocycles. The Bertz CT molecular complexity index is 679. The van der Waals surface area contributed by atoms with E-state index < -0.39 is 0 Å². The normalized spacial score (nSPS) is 30.5. The maximum Gasteiger partial charge on any atom is 0.159 e. The Balaban J connectivity index is 2.08. The van der Waals surface area contributed by atoms with Gasteiger partial charge < -0.3 is 4.42 Å². The number of furan rings is 1. The molecule has 2 nitrogen and oxygen atoms in total. The molecule has 1 aromatic heterocycles. The summed E-state index contributed by atoms with van der Waals surface area (Å²) in [5.41, 5.74) is 3.02. The lowest BCUT2D eigenvalue weighted by atomic mass is 9.50. The third-order valence-electron chi connectivity index (χ3n) is 5.84. The van der Waals surface area contributed by atoms with Crippen LogP contribution in [0.2, 0.25) is 0 Å². The number of rotatable bonds is 0. The smallest absolute Gasteiger partial charge is 0.159 e. The van der Waals surface area contributed by atoms with Crippen LogP contribution in [-0.2, 0) is 4.79 Å². The molecular weight excluding hydrogens is 272 g/mol. The highest BCUT2D eigenvalue weighted by Crippen LogP contribution is 2.58. The third-order valence-corrected chi connectivity index (χ3v) is 5.84. The Morgan fingerprint density at radius 1 is 1.23 bits per heavy atom. The summed E-state index contributed by atoms with van der Waals surface area (Å²) in [6, 6.07) is 1.86. The van der Waals surface area contributed by atoms with E-state index in [1.54, 1.807) is 12.5 Å². The first-order chi connectivity index (χ1) is 10.3. The number of fused-ring (bicyclic) bond motifs is 1. The van der Waals surface area contributed by atoms with Crippen molar-refractivity contribution in [3.05, 3.63) is 35.3 Å². The molecule has 0 bridgehead atoms. The van der Waals surface area contributed by atoms with Gasteiger partial charge in [-0.3, -0.25) is 4.79 Å². The number of hydrogen-bond donors (Lipinski definition) is 0. The molecule has 2 atom stereocenters. The van der Waals surface area contributed by atoms with E-state index in [1.807, 2.05) is 13.0 Å². The summed E-state index contributed by atoms with van der Waals surface area (Å²) >= 11 is 0. The van der Waals surface area contributed by atoms with E-state index in [4.69, 9.17) is 4.42 Å². The van der Waals surface area contributed by atoms with Crippen molar-refractivity contribution in [2.45, 2.75) is 53.4 Å². The molecule has 0 spiro atoms. The molecule has 1 aromatic rings. The van der Waals surface area contributed by atoms with Gasteiger partial charge >= 0.3 is 0 Å². The number of allylic oxidation sites excluding steroid dienone is 2. The van der Waals surface area contributed by atoms with Crippen molar-refractivity contribution >= 4 is 5.78 Å². The molecule has 2 heteroatoms. The van der Waals surface area contributed by atoms with E-state index in [1.165, 1.54) is 12.8 Å². The van der Waals surface area contributed by atoms with E-state index >= 15 is 0 Å². The van der Waals surface area contributed by atoms with Gasteiger partial charge in [0.1, 0.15) is 6.26 Å². The van der Waals surface area contributed by atoms with Gasteiger partial charge in [-0.25, -0.2) is 0 Å². The molecule has 3 rings (SSSR count). The van der Waals surface area contributed by atoms with E-state index in [-0.39, 0.29) is 16.6 Å². The van der Waals surface area contributed by atoms with Gasteiger partial charge in [0.2, 0.25) is 0 Å². The van der Waals surface area contributed by atoms with Crippen LogP contribution in [0, 0.1) is 28.6 Å². The van der Waals surface area contributed by atoms with E-state index in [0.29, 0.717) is 12.3 Å². The maximum absolute atomic E-state index is 12.5. The minimum atomic E-state index is 0.0243. The van der Waals surface area contributed by atoms with Gasteiger partial charge in [-0.2, -0.15) is 0 Å². The first kappa shape index (κ1) is 15.2. The second-order valence-corrected chi connectivity index (χ2v) is 7.70. The van der Waals surface area contributed by atoms with Crippen molar-refractivity contribution in [3.63, 3.8) is 0 Å². The highest BCUT2D eigenvalue weighted by atomic mass is 16.3. The van der Waals surface area contributed by atoms with Crippen LogP contribution >= 0.6 is 0 Å². The number of hydrogen-bond acceptors (Lipinski definition) is 2. The fourth-order valence-corrected chi connectivity index (χ4v) is 4.54. The van der Waals surface area contributed by atoms with Gasteiger partial charge in [-0.15, -0.1) is 0 Å². The lowest BCUT2D eigenvalue weighted by Gasteiger charge is -2.53. The minimum Gasteiger partial charge on any atom is -0.471 e. The Hall–Kier alpha value is -1.75. The van der Waals surface area contributed by atoms with Gasteiger partial charge in [0, 0.05) is 23.0 Å². The zero-order valence-corrected chi connectivity index (χ0v) is 14.0. The largest absolute Gasteiger partial charge is 0.471 e. The molecule has 1 saturated carbocycles. The van der Waals surface area contributed by atoms with E-state index in [2.05, 4.69) is 32.6 Å². The van der Waals surface area contributed by atoms with Gasteiger partial charge in [0.05, 0.1) is 11.8 Å². The zero-order valence-electron chi connectivity index (χ0n) is 14.0. The van der Waals surface area contributed by atoms with Gasteiger partial charge in [0.15, 0.2) is 5.78 Å². The first-order valence-corrected chi connectivity index (χ1v) is 8.13. The zero-order chi connectivity index (χ0) is 16.0. The van der Waals surface area contributed by atoms with Crippen molar-refractivity contribution in [2.24, 2.45) is 16.7 Å². The number of carbonyl (C=O) groups excluding carboxylic acids is 1. The van der Waals surface area contributed by atoms with Gasteiger partial charge in [-0.1, -0.05) is 39.0 Å². The Morgan fingerprint density at radius 3 is 2.68 bits per heavy atom. The van der Waals surface area contributed by atoms with Gasteiger partial charge in [-0.05, 0) is 37.2 Å². The van der Waals surface area contributed by atoms with Crippen molar-refractivity contribution in [3.8, 4) is 11.8 Å². The van der Waals surface area contributed by atoms with E-state index in [0.717, 1.165) is 23.1 Å². The molecule has 1 fully saturated rings. The van der Waals surface area contributed by atoms with Crippen LogP contribution in [0.25, 0.3) is 0 Å². The predicted molar refractivity (Wildman–Crippen MR) is 87.1 cm³/mol. The fourth-order valence-electron chi connectivity index (χ4n) is 4.54. The average Bonchev–Trinajstić information content (AvgIpc) is 2.94. The molecule has 0 aromatic carbocycles. The van der Waals surface area contributed by atoms with Crippen LogP contribution in [0.4, 0.5) is 0 Å². The monoisotopic (exact) mass is 296 g/mol. The van der Waals surface area contributed by atoms with Crippen molar-refractivity contribution in [1.29, 1.82) is 0 Å². The maximum atomic E-state index is 12.5. The second kappa shape index (κ2) is 5.16. The average molecular weight is 296 g/mol. The van der Waals surface area contributed by atoms with Crippen molar-refractivity contribution in [1.82, 2.24) is 0 Å². The van der Waals surface area contributed by atoms with E-state index in [9.17, 15) is 4.79 Å². The van der Waals surface area contributed by atoms with Crippen molar-refractivity contribution < 1.29 is 9.21 Å². The fraction of sp³-hybridized carbons (Fsp3) is 0.550. The molecule has 0 saturated heterocycles. The van der Waals surface area contributed by atoms with Crippen LogP contribution in [0.3, 0.4) is 0 Å². The highest BCUT2D eigenvalue weighted by molar-refractivity contribution is 5.98. The SMILES string of the molecule is CC1=C(C#Cc2ccoc2)[C@]2(C)CCCC(C)(C)[C@H]2CC1=O. The molecule has 2 aliphatic rings. The molecular formula is C20H24O2. The molecule has 0 amide bonds. The minimum absolute atomic E-state index is 0.0243. The lowest BCUT2D eigenvalue weighted by Crippen LogP contribution is -2.47. The molecule has 0 radical (unpaired) electrons. The van der Waals surface area contributed by atoms with Crippen LogP contribution < -0.4 is 0 Å². The summed E-state index contributed by atoms with van der Waals surface area (Å²) < 4.78 is 5.08. The summed E-state index contributed by atoms with van der Waals surface area (Å²) in [7, 11) is 0. The van der Waals surface area contributed by atoms with Crippen LogP contribution in [0.1, 0.15) is 58.9 Å². The highest BCUT2D eigenvalue weighted by Gasteiger charge is 2.51. The van der Waals surface area contributed by atoms with Crippen LogP contribution in [-0.4, -0.2) is 5.78 Å².